The van der Waals surface area contributed by atoms with Crippen LogP contribution in [-0.2, 0) is 11.2 Å². The van der Waals surface area contributed by atoms with Gasteiger partial charge in [-0.1, -0.05) is 24.3 Å². The van der Waals surface area contributed by atoms with Crippen molar-refractivity contribution in [2.75, 3.05) is 5.73 Å². The lowest BCUT2D eigenvalue weighted by Gasteiger charge is -2.11. The van der Waals surface area contributed by atoms with Gasteiger partial charge in [0.1, 0.15) is 0 Å². The predicted octanol–water partition coefficient (Wildman–Crippen LogP) is 2.04. The van der Waals surface area contributed by atoms with Gasteiger partial charge >= 0.3 is 0 Å². The number of nitrogen functional groups attached to an aromatic ring is 1. The van der Waals surface area contributed by atoms with E-state index in [-0.39, 0.29) is 5.91 Å². The average molecular weight is 230 g/mol. The van der Waals surface area contributed by atoms with E-state index >= 15 is 0 Å². The minimum absolute atomic E-state index is 0.135. The summed E-state index contributed by atoms with van der Waals surface area (Å²) in [6.45, 7) is 0. The third kappa shape index (κ3) is 3.63. The quantitative estimate of drug-likeness (QED) is 0.614. The molecule has 0 heterocycles. The number of amides is 1. The van der Waals surface area contributed by atoms with E-state index in [0.29, 0.717) is 12.5 Å². The molecule has 1 aromatic rings. The van der Waals surface area contributed by atoms with E-state index < -0.39 is 0 Å². The molecule has 0 unspecified atom stereocenters. The molecule has 1 amide bonds. The number of carbonyl (C=O) groups excluding carboxylic acids is 1. The van der Waals surface area contributed by atoms with Gasteiger partial charge in [0.05, 0.1) is 0 Å². The molecule has 0 atom stereocenters. The van der Waals surface area contributed by atoms with Crippen molar-refractivity contribution in [2.45, 2.75) is 31.7 Å². The van der Waals surface area contributed by atoms with Crippen molar-refractivity contribution in [2.24, 2.45) is 0 Å². The maximum absolute atomic E-state index is 11.7. The normalized spacial score (nSPS) is 15.1. The summed E-state index contributed by atoms with van der Waals surface area (Å²) in [5.74, 6) is 0.135. The Balaban J connectivity index is 1.74. The van der Waals surface area contributed by atoms with Crippen LogP contribution < -0.4 is 11.1 Å². The van der Waals surface area contributed by atoms with Gasteiger partial charge in [0.15, 0.2) is 0 Å². The number of aryl methyl sites for hydroxylation is 1. The van der Waals surface area contributed by atoms with E-state index in [4.69, 9.17) is 5.73 Å². The molecule has 0 fully saturated rings. The van der Waals surface area contributed by atoms with Crippen LogP contribution in [0.5, 0.6) is 0 Å². The zero-order chi connectivity index (χ0) is 12.1. The zero-order valence-corrected chi connectivity index (χ0v) is 9.86. The summed E-state index contributed by atoms with van der Waals surface area (Å²) in [5, 5.41) is 3.03. The van der Waals surface area contributed by atoms with Gasteiger partial charge in [-0.2, -0.15) is 0 Å². The smallest absolute Gasteiger partial charge is 0.220 e. The average Bonchev–Trinajstić information content (AvgIpc) is 2.81. The van der Waals surface area contributed by atoms with Crippen molar-refractivity contribution in [3.8, 4) is 0 Å². The maximum atomic E-state index is 11.7. The van der Waals surface area contributed by atoms with Gasteiger partial charge in [0.25, 0.3) is 0 Å². The molecule has 0 saturated carbocycles. The fourth-order valence-electron chi connectivity index (χ4n) is 1.98. The number of benzene rings is 1. The Morgan fingerprint density at radius 2 is 1.88 bits per heavy atom. The van der Waals surface area contributed by atoms with Gasteiger partial charge < -0.3 is 11.1 Å². The van der Waals surface area contributed by atoms with Gasteiger partial charge in [-0.15, -0.1) is 0 Å². The second kappa shape index (κ2) is 5.53. The molecule has 0 spiro atoms. The summed E-state index contributed by atoms with van der Waals surface area (Å²) in [7, 11) is 0. The van der Waals surface area contributed by atoms with Crippen LogP contribution in [0.25, 0.3) is 0 Å². The third-order valence-electron chi connectivity index (χ3n) is 2.99. The Bertz CT molecular complexity index is 401. The monoisotopic (exact) mass is 230 g/mol. The van der Waals surface area contributed by atoms with Crippen LogP contribution in [0.4, 0.5) is 5.69 Å². The number of anilines is 1. The number of nitrogens with two attached hydrogens (primary N) is 1. The van der Waals surface area contributed by atoms with Crippen molar-refractivity contribution >= 4 is 11.6 Å². The van der Waals surface area contributed by atoms with E-state index in [9.17, 15) is 4.79 Å². The lowest BCUT2D eigenvalue weighted by atomic mass is 10.1. The summed E-state index contributed by atoms with van der Waals surface area (Å²) in [5.41, 5.74) is 7.52. The first-order valence-corrected chi connectivity index (χ1v) is 6.03. The highest BCUT2D eigenvalue weighted by molar-refractivity contribution is 5.76. The second-order valence-corrected chi connectivity index (χ2v) is 4.45. The second-order valence-electron chi connectivity index (χ2n) is 4.45. The van der Waals surface area contributed by atoms with E-state index in [2.05, 4.69) is 17.5 Å². The number of nitrogens with one attached hydrogen (secondary N) is 1. The van der Waals surface area contributed by atoms with Crippen LogP contribution in [0.15, 0.2) is 36.4 Å². The van der Waals surface area contributed by atoms with Crippen LogP contribution in [0.1, 0.15) is 24.8 Å². The standard InChI is InChI=1S/C14H18N2O/c15-12-8-5-11(6-9-12)7-10-14(17)16-13-3-1-2-4-13/h1-2,5-6,8-9,13H,3-4,7,10,15H2,(H,16,17). The minimum Gasteiger partial charge on any atom is -0.399 e. The van der Waals surface area contributed by atoms with Crippen molar-refractivity contribution in [1.82, 2.24) is 5.32 Å². The van der Waals surface area contributed by atoms with Crippen LogP contribution in [0.2, 0.25) is 0 Å². The molecule has 3 nitrogen and oxygen atoms in total. The largest absolute Gasteiger partial charge is 0.399 e. The van der Waals surface area contributed by atoms with Crippen LogP contribution in [-0.4, -0.2) is 11.9 Å². The molecule has 0 radical (unpaired) electrons. The predicted molar refractivity (Wildman–Crippen MR) is 69.5 cm³/mol. The lowest BCUT2D eigenvalue weighted by molar-refractivity contribution is -0.121. The third-order valence-corrected chi connectivity index (χ3v) is 2.99. The van der Waals surface area contributed by atoms with Gasteiger partial charge in [0, 0.05) is 18.2 Å². The summed E-state index contributed by atoms with van der Waals surface area (Å²) in [6.07, 6.45) is 7.48. The number of hydrogen-bond donors (Lipinski definition) is 2. The Morgan fingerprint density at radius 1 is 1.24 bits per heavy atom. The molecule has 1 aliphatic rings. The van der Waals surface area contributed by atoms with E-state index in [1.165, 1.54) is 0 Å². The highest BCUT2D eigenvalue weighted by Crippen LogP contribution is 2.10. The fraction of sp³-hybridized carbons (Fsp3) is 0.357. The Hall–Kier alpha value is -1.77. The first-order valence-electron chi connectivity index (χ1n) is 6.03. The van der Waals surface area contributed by atoms with Crippen LogP contribution in [0.3, 0.4) is 0 Å². The number of rotatable bonds is 4. The molecule has 0 aliphatic heterocycles. The van der Waals surface area contributed by atoms with Gasteiger partial charge in [-0.25, -0.2) is 0 Å². The van der Waals surface area contributed by atoms with Crippen molar-refractivity contribution in [3.63, 3.8) is 0 Å². The molecule has 90 valence electrons. The molecule has 1 aromatic carbocycles. The molecule has 3 heteroatoms. The molecule has 0 aromatic heterocycles. The Kier molecular flexibility index (Phi) is 3.81. The van der Waals surface area contributed by atoms with E-state index in [0.717, 1.165) is 30.5 Å². The van der Waals surface area contributed by atoms with Crippen molar-refractivity contribution in [3.05, 3.63) is 42.0 Å². The highest BCUT2D eigenvalue weighted by atomic mass is 16.1. The van der Waals surface area contributed by atoms with Crippen LogP contribution >= 0.6 is 0 Å². The first-order chi connectivity index (χ1) is 8.24. The molecule has 17 heavy (non-hydrogen) atoms. The SMILES string of the molecule is Nc1ccc(CCC(=O)NC2CC=CC2)cc1. The lowest BCUT2D eigenvalue weighted by Crippen LogP contribution is -2.32. The molecule has 2 rings (SSSR count). The topological polar surface area (TPSA) is 55.1 Å². The van der Waals surface area contributed by atoms with Crippen molar-refractivity contribution in [1.29, 1.82) is 0 Å². The van der Waals surface area contributed by atoms with Gasteiger partial charge in [-0.05, 0) is 37.0 Å². The summed E-state index contributed by atoms with van der Waals surface area (Å²) < 4.78 is 0. The summed E-state index contributed by atoms with van der Waals surface area (Å²) in [6, 6.07) is 8.00. The molecular formula is C14H18N2O. The molecule has 0 saturated heterocycles. The van der Waals surface area contributed by atoms with E-state index in [1.807, 2.05) is 24.3 Å². The van der Waals surface area contributed by atoms with E-state index in [1.54, 1.807) is 0 Å². The van der Waals surface area contributed by atoms with Crippen LogP contribution in [0, 0.1) is 0 Å². The molecular weight excluding hydrogens is 212 g/mol. The zero-order valence-electron chi connectivity index (χ0n) is 9.86. The van der Waals surface area contributed by atoms with Gasteiger partial charge in [0.2, 0.25) is 5.91 Å². The summed E-state index contributed by atoms with van der Waals surface area (Å²) in [4.78, 5) is 11.7. The maximum Gasteiger partial charge on any atom is 0.220 e. The molecule has 1 aliphatic carbocycles. The number of hydrogen-bond acceptors (Lipinski definition) is 2. The van der Waals surface area contributed by atoms with Crippen molar-refractivity contribution < 1.29 is 4.79 Å². The highest BCUT2D eigenvalue weighted by Gasteiger charge is 2.12. The Labute approximate surface area is 102 Å². The molecule has 0 bridgehead atoms. The van der Waals surface area contributed by atoms with Gasteiger partial charge in [-0.3, -0.25) is 4.79 Å². The Morgan fingerprint density at radius 3 is 2.53 bits per heavy atom. The summed E-state index contributed by atoms with van der Waals surface area (Å²) >= 11 is 0. The number of carbonyl (C=O) groups is 1. The fourth-order valence-corrected chi connectivity index (χ4v) is 1.98. The minimum atomic E-state index is 0.135. The first kappa shape index (κ1) is 11.7. The molecule has 3 N–H and O–H groups in total.